The number of carbonyl (C=O) groups excluding carboxylic acids is 1. The molecule has 88 valence electrons. The van der Waals surface area contributed by atoms with Gasteiger partial charge in [-0.1, -0.05) is 5.16 Å². The van der Waals surface area contributed by atoms with Crippen molar-refractivity contribution in [1.82, 2.24) is 15.5 Å². The molecular weight excluding hydrogens is 218 g/mol. The van der Waals surface area contributed by atoms with E-state index in [9.17, 15) is 4.79 Å². The van der Waals surface area contributed by atoms with Gasteiger partial charge < -0.3 is 9.84 Å². The Morgan fingerprint density at radius 1 is 1.35 bits per heavy atom. The summed E-state index contributed by atoms with van der Waals surface area (Å²) in [4.78, 5) is 15.7. The molecule has 2 rings (SSSR count). The quantitative estimate of drug-likeness (QED) is 0.871. The average molecular weight is 231 g/mol. The summed E-state index contributed by atoms with van der Waals surface area (Å²) < 4.78 is 4.95. The molecule has 2 aromatic heterocycles. The van der Waals surface area contributed by atoms with Gasteiger partial charge in [0.05, 0.1) is 0 Å². The minimum absolute atomic E-state index is 0.226. The molecule has 5 nitrogen and oxygen atoms in total. The van der Waals surface area contributed by atoms with Gasteiger partial charge in [0.25, 0.3) is 5.91 Å². The fraction of sp³-hybridized carbons (Fsp3) is 0.250. The van der Waals surface area contributed by atoms with Crippen LogP contribution in [0.1, 0.15) is 27.4 Å². The van der Waals surface area contributed by atoms with Gasteiger partial charge in [0.15, 0.2) is 5.69 Å². The molecule has 0 atom stereocenters. The van der Waals surface area contributed by atoms with Gasteiger partial charge in [0.2, 0.25) is 0 Å². The van der Waals surface area contributed by atoms with Crippen LogP contribution in [0, 0.1) is 13.8 Å². The Balaban J connectivity index is 2.01. The number of hydrogen-bond acceptors (Lipinski definition) is 4. The van der Waals surface area contributed by atoms with Gasteiger partial charge in [-0.15, -0.1) is 0 Å². The number of amides is 1. The fourth-order valence-electron chi connectivity index (χ4n) is 1.40. The third kappa shape index (κ3) is 2.50. The van der Waals surface area contributed by atoms with E-state index in [1.165, 1.54) is 0 Å². The Hall–Kier alpha value is -2.17. The monoisotopic (exact) mass is 231 g/mol. The predicted octanol–water partition coefficient (Wildman–Crippen LogP) is 1.62. The van der Waals surface area contributed by atoms with Crippen LogP contribution in [0.2, 0.25) is 0 Å². The van der Waals surface area contributed by atoms with Crippen molar-refractivity contribution >= 4 is 5.91 Å². The fourth-order valence-corrected chi connectivity index (χ4v) is 1.40. The topological polar surface area (TPSA) is 68.0 Å². The number of pyridine rings is 1. The molecule has 0 saturated carbocycles. The van der Waals surface area contributed by atoms with E-state index in [-0.39, 0.29) is 5.91 Å². The van der Waals surface area contributed by atoms with E-state index in [0.717, 1.165) is 11.1 Å². The van der Waals surface area contributed by atoms with Crippen LogP contribution in [-0.4, -0.2) is 16.0 Å². The second kappa shape index (κ2) is 4.78. The molecule has 0 spiro atoms. The number of carbonyl (C=O) groups is 1. The molecule has 0 saturated heterocycles. The highest BCUT2D eigenvalue weighted by molar-refractivity contribution is 5.93. The first-order valence-corrected chi connectivity index (χ1v) is 5.28. The zero-order valence-electron chi connectivity index (χ0n) is 9.73. The molecule has 0 aliphatic heterocycles. The Labute approximate surface area is 98.8 Å². The molecule has 0 aliphatic carbocycles. The lowest BCUT2D eigenvalue weighted by molar-refractivity contribution is 0.0941. The molecule has 2 aromatic rings. The van der Waals surface area contributed by atoms with Crippen molar-refractivity contribution in [2.24, 2.45) is 0 Å². The molecule has 0 unspecified atom stereocenters. The van der Waals surface area contributed by atoms with E-state index in [0.29, 0.717) is 18.0 Å². The standard InChI is InChI=1S/C12H13N3O2/c1-8-9(2)17-15-11(8)12(16)14-7-10-3-5-13-6-4-10/h3-6H,7H2,1-2H3,(H,14,16). The Morgan fingerprint density at radius 3 is 2.65 bits per heavy atom. The van der Waals surface area contributed by atoms with Gasteiger partial charge in [-0.05, 0) is 31.5 Å². The van der Waals surface area contributed by atoms with Crippen LogP contribution in [0.4, 0.5) is 0 Å². The molecule has 0 aromatic carbocycles. The van der Waals surface area contributed by atoms with Crippen LogP contribution < -0.4 is 5.32 Å². The first-order chi connectivity index (χ1) is 8.18. The van der Waals surface area contributed by atoms with Gasteiger partial charge in [-0.2, -0.15) is 0 Å². The maximum atomic E-state index is 11.8. The Bertz CT molecular complexity index is 520. The number of aromatic nitrogens is 2. The van der Waals surface area contributed by atoms with Crippen molar-refractivity contribution in [3.63, 3.8) is 0 Å². The summed E-state index contributed by atoms with van der Waals surface area (Å²) in [5, 5.41) is 6.51. The largest absolute Gasteiger partial charge is 0.361 e. The van der Waals surface area contributed by atoms with Gasteiger partial charge in [0.1, 0.15) is 5.76 Å². The summed E-state index contributed by atoms with van der Waals surface area (Å²) in [7, 11) is 0. The van der Waals surface area contributed by atoms with Crippen LogP contribution >= 0.6 is 0 Å². The molecule has 5 heteroatoms. The Morgan fingerprint density at radius 2 is 2.06 bits per heavy atom. The summed E-state index contributed by atoms with van der Waals surface area (Å²) >= 11 is 0. The van der Waals surface area contributed by atoms with E-state index in [2.05, 4.69) is 15.5 Å². The molecular formula is C12H13N3O2. The Kier molecular flexibility index (Phi) is 3.18. The number of nitrogens with zero attached hydrogens (tertiary/aromatic N) is 2. The second-order valence-corrected chi connectivity index (χ2v) is 3.75. The van der Waals surface area contributed by atoms with Crippen LogP contribution in [0.5, 0.6) is 0 Å². The van der Waals surface area contributed by atoms with E-state index in [1.54, 1.807) is 19.3 Å². The van der Waals surface area contributed by atoms with Gasteiger partial charge in [-0.3, -0.25) is 9.78 Å². The van der Waals surface area contributed by atoms with Gasteiger partial charge in [-0.25, -0.2) is 0 Å². The summed E-state index contributed by atoms with van der Waals surface area (Å²) in [5.41, 5.74) is 2.11. The molecule has 1 N–H and O–H groups in total. The van der Waals surface area contributed by atoms with Crippen LogP contribution in [0.3, 0.4) is 0 Å². The predicted molar refractivity (Wildman–Crippen MR) is 61.4 cm³/mol. The number of aryl methyl sites for hydroxylation is 1. The summed E-state index contributed by atoms with van der Waals surface area (Å²) in [5.74, 6) is 0.440. The van der Waals surface area contributed by atoms with Crippen LogP contribution in [-0.2, 0) is 6.54 Å². The second-order valence-electron chi connectivity index (χ2n) is 3.75. The zero-order valence-corrected chi connectivity index (χ0v) is 9.73. The maximum absolute atomic E-state index is 11.8. The lowest BCUT2D eigenvalue weighted by Gasteiger charge is -2.02. The SMILES string of the molecule is Cc1onc(C(=O)NCc2ccncc2)c1C. The molecule has 0 aliphatic rings. The van der Waals surface area contributed by atoms with Crippen molar-refractivity contribution in [2.45, 2.75) is 20.4 Å². The third-order valence-electron chi connectivity index (χ3n) is 2.57. The van der Waals surface area contributed by atoms with Crippen molar-refractivity contribution in [1.29, 1.82) is 0 Å². The van der Waals surface area contributed by atoms with Gasteiger partial charge in [0, 0.05) is 24.5 Å². The number of hydrogen-bond donors (Lipinski definition) is 1. The van der Waals surface area contributed by atoms with Crippen molar-refractivity contribution < 1.29 is 9.32 Å². The van der Waals surface area contributed by atoms with Crippen molar-refractivity contribution in [2.75, 3.05) is 0 Å². The first-order valence-electron chi connectivity index (χ1n) is 5.28. The zero-order chi connectivity index (χ0) is 12.3. The van der Waals surface area contributed by atoms with E-state index < -0.39 is 0 Å². The lowest BCUT2D eigenvalue weighted by Crippen LogP contribution is -2.23. The lowest BCUT2D eigenvalue weighted by atomic mass is 10.2. The number of rotatable bonds is 3. The van der Waals surface area contributed by atoms with E-state index in [4.69, 9.17) is 4.52 Å². The molecule has 0 radical (unpaired) electrons. The molecule has 1 amide bonds. The highest BCUT2D eigenvalue weighted by atomic mass is 16.5. The molecule has 2 heterocycles. The summed E-state index contributed by atoms with van der Waals surface area (Å²) in [6.45, 7) is 4.04. The minimum atomic E-state index is -0.226. The van der Waals surface area contributed by atoms with E-state index in [1.807, 2.05) is 19.1 Å². The molecule has 0 bridgehead atoms. The highest BCUT2D eigenvalue weighted by Gasteiger charge is 2.15. The first kappa shape index (κ1) is 11.3. The smallest absolute Gasteiger partial charge is 0.274 e. The van der Waals surface area contributed by atoms with Crippen LogP contribution in [0.25, 0.3) is 0 Å². The molecule has 0 fully saturated rings. The van der Waals surface area contributed by atoms with Crippen molar-refractivity contribution in [3.05, 3.63) is 47.1 Å². The van der Waals surface area contributed by atoms with Crippen LogP contribution in [0.15, 0.2) is 29.0 Å². The summed E-state index contributed by atoms with van der Waals surface area (Å²) in [6, 6.07) is 3.70. The maximum Gasteiger partial charge on any atom is 0.274 e. The minimum Gasteiger partial charge on any atom is -0.361 e. The van der Waals surface area contributed by atoms with Crippen molar-refractivity contribution in [3.8, 4) is 0 Å². The van der Waals surface area contributed by atoms with Gasteiger partial charge >= 0.3 is 0 Å². The highest BCUT2D eigenvalue weighted by Crippen LogP contribution is 2.11. The number of nitrogens with one attached hydrogen (secondary N) is 1. The normalized spacial score (nSPS) is 10.2. The van der Waals surface area contributed by atoms with E-state index >= 15 is 0 Å². The average Bonchev–Trinajstić information content (AvgIpc) is 2.69. The summed E-state index contributed by atoms with van der Waals surface area (Å²) in [6.07, 6.45) is 3.37. The third-order valence-corrected chi connectivity index (χ3v) is 2.57. The molecule has 17 heavy (non-hydrogen) atoms.